The Labute approximate surface area is 160 Å². The van der Waals surface area contributed by atoms with Gasteiger partial charge in [-0.3, -0.25) is 9.59 Å². The lowest BCUT2D eigenvalue weighted by Gasteiger charge is -2.28. The van der Waals surface area contributed by atoms with Gasteiger partial charge < -0.3 is 19.5 Å². The highest BCUT2D eigenvalue weighted by molar-refractivity contribution is 5.97. The number of piperazine rings is 1. The van der Waals surface area contributed by atoms with Crippen molar-refractivity contribution in [2.75, 3.05) is 33.3 Å². The van der Waals surface area contributed by atoms with Gasteiger partial charge in [0, 0.05) is 45.0 Å². The third-order valence-corrected chi connectivity index (χ3v) is 4.53. The van der Waals surface area contributed by atoms with Crippen molar-refractivity contribution in [1.29, 1.82) is 0 Å². The molecule has 0 unspecified atom stereocenters. The second-order valence-electron chi connectivity index (χ2n) is 6.29. The van der Waals surface area contributed by atoms with E-state index in [0.29, 0.717) is 30.0 Å². The SMILES string of the molecule is CC.COc1cc(-c2cc(C)c(=O)n(C)c2)ccc1C(=O)N1CCNCC1. The molecule has 1 aliphatic rings. The number of hydrogen-bond donors (Lipinski definition) is 1. The Morgan fingerprint density at radius 2 is 1.78 bits per heavy atom. The first kappa shape index (κ1) is 20.7. The molecule has 2 aromatic rings. The van der Waals surface area contributed by atoms with Gasteiger partial charge in [0.1, 0.15) is 5.75 Å². The molecule has 27 heavy (non-hydrogen) atoms. The maximum absolute atomic E-state index is 12.8. The summed E-state index contributed by atoms with van der Waals surface area (Å²) in [5, 5.41) is 3.24. The van der Waals surface area contributed by atoms with Gasteiger partial charge in [0.25, 0.3) is 11.5 Å². The summed E-state index contributed by atoms with van der Waals surface area (Å²) in [7, 11) is 3.30. The number of methoxy groups -OCH3 is 1. The molecule has 0 saturated carbocycles. The molecule has 146 valence electrons. The van der Waals surface area contributed by atoms with Crippen molar-refractivity contribution in [3.8, 4) is 16.9 Å². The predicted octanol–water partition coefficient (Wildman–Crippen LogP) is 2.44. The van der Waals surface area contributed by atoms with E-state index < -0.39 is 0 Å². The van der Waals surface area contributed by atoms with Crippen molar-refractivity contribution in [3.05, 3.63) is 51.9 Å². The van der Waals surface area contributed by atoms with Crippen molar-refractivity contribution in [2.24, 2.45) is 7.05 Å². The number of hydrogen-bond acceptors (Lipinski definition) is 4. The monoisotopic (exact) mass is 371 g/mol. The highest BCUT2D eigenvalue weighted by atomic mass is 16.5. The van der Waals surface area contributed by atoms with Gasteiger partial charge in [-0.2, -0.15) is 0 Å². The van der Waals surface area contributed by atoms with Crippen LogP contribution < -0.4 is 15.6 Å². The average molecular weight is 371 g/mol. The number of carbonyl (C=O) groups excluding carboxylic acids is 1. The van der Waals surface area contributed by atoms with Crippen molar-refractivity contribution in [2.45, 2.75) is 20.8 Å². The number of amides is 1. The average Bonchev–Trinajstić information content (AvgIpc) is 2.72. The summed E-state index contributed by atoms with van der Waals surface area (Å²) in [5.41, 5.74) is 3.06. The van der Waals surface area contributed by atoms with Crippen molar-refractivity contribution < 1.29 is 9.53 Å². The fraction of sp³-hybridized carbons (Fsp3) is 0.429. The second-order valence-corrected chi connectivity index (χ2v) is 6.29. The molecule has 6 heteroatoms. The van der Waals surface area contributed by atoms with Gasteiger partial charge >= 0.3 is 0 Å². The zero-order valence-electron chi connectivity index (χ0n) is 16.8. The maximum Gasteiger partial charge on any atom is 0.257 e. The van der Waals surface area contributed by atoms with Crippen LogP contribution in [-0.2, 0) is 7.05 Å². The Morgan fingerprint density at radius 1 is 1.11 bits per heavy atom. The maximum atomic E-state index is 12.8. The molecule has 0 spiro atoms. The zero-order chi connectivity index (χ0) is 20.0. The number of carbonyl (C=O) groups is 1. The molecule has 1 aromatic heterocycles. The van der Waals surface area contributed by atoms with Crippen molar-refractivity contribution in [3.63, 3.8) is 0 Å². The lowest BCUT2D eigenvalue weighted by Crippen LogP contribution is -2.46. The van der Waals surface area contributed by atoms with Gasteiger partial charge in [0.05, 0.1) is 12.7 Å². The minimum Gasteiger partial charge on any atom is -0.496 e. The van der Waals surface area contributed by atoms with E-state index >= 15 is 0 Å². The summed E-state index contributed by atoms with van der Waals surface area (Å²) < 4.78 is 7.04. The lowest BCUT2D eigenvalue weighted by atomic mass is 10.0. The number of pyridine rings is 1. The molecule has 6 nitrogen and oxygen atoms in total. The van der Waals surface area contributed by atoms with E-state index in [1.54, 1.807) is 37.9 Å². The number of rotatable bonds is 3. The van der Waals surface area contributed by atoms with E-state index in [-0.39, 0.29) is 11.5 Å². The Morgan fingerprint density at radius 3 is 2.37 bits per heavy atom. The molecule has 3 rings (SSSR count). The van der Waals surface area contributed by atoms with Gasteiger partial charge in [-0.15, -0.1) is 0 Å². The van der Waals surface area contributed by atoms with Crippen LogP contribution in [0.25, 0.3) is 11.1 Å². The van der Waals surface area contributed by atoms with E-state index in [0.717, 1.165) is 24.2 Å². The summed E-state index contributed by atoms with van der Waals surface area (Å²) >= 11 is 0. The highest BCUT2D eigenvalue weighted by Gasteiger charge is 2.21. The minimum absolute atomic E-state index is 0.0125. The molecule has 2 heterocycles. The van der Waals surface area contributed by atoms with Crippen LogP contribution in [0.1, 0.15) is 29.8 Å². The minimum atomic E-state index is -0.0128. The van der Waals surface area contributed by atoms with E-state index in [1.165, 1.54) is 0 Å². The first-order chi connectivity index (χ1) is 13.0. The van der Waals surface area contributed by atoms with Crippen LogP contribution in [0.15, 0.2) is 35.3 Å². The van der Waals surface area contributed by atoms with Gasteiger partial charge in [-0.05, 0) is 36.2 Å². The van der Waals surface area contributed by atoms with Crippen LogP contribution in [0.3, 0.4) is 0 Å². The quantitative estimate of drug-likeness (QED) is 0.900. The summed E-state index contributed by atoms with van der Waals surface area (Å²) in [5.74, 6) is 0.536. The van der Waals surface area contributed by atoms with Gasteiger partial charge in [-0.1, -0.05) is 19.9 Å². The Hall–Kier alpha value is -2.60. The fourth-order valence-electron chi connectivity index (χ4n) is 3.12. The number of ether oxygens (including phenoxy) is 1. The van der Waals surface area contributed by atoms with E-state index in [2.05, 4.69) is 5.32 Å². The highest BCUT2D eigenvalue weighted by Crippen LogP contribution is 2.28. The fourth-order valence-corrected chi connectivity index (χ4v) is 3.12. The number of nitrogens with zero attached hydrogens (tertiary/aromatic N) is 2. The molecule has 1 fully saturated rings. The van der Waals surface area contributed by atoms with Crippen LogP contribution in [0.2, 0.25) is 0 Å². The molecule has 1 aliphatic heterocycles. The molecular formula is C21H29N3O3. The zero-order valence-corrected chi connectivity index (χ0v) is 16.8. The predicted molar refractivity (Wildman–Crippen MR) is 109 cm³/mol. The van der Waals surface area contributed by atoms with Crippen LogP contribution in [0.5, 0.6) is 5.75 Å². The Bertz CT molecular complexity index is 826. The lowest BCUT2D eigenvalue weighted by molar-refractivity contribution is 0.0732. The van der Waals surface area contributed by atoms with Gasteiger partial charge in [0.15, 0.2) is 0 Å². The molecule has 0 bridgehead atoms. The summed E-state index contributed by atoms with van der Waals surface area (Å²) in [6, 6.07) is 7.42. The van der Waals surface area contributed by atoms with Crippen molar-refractivity contribution >= 4 is 5.91 Å². The van der Waals surface area contributed by atoms with E-state index in [4.69, 9.17) is 4.74 Å². The number of aryl methyl sites for hydroxylation is 2. The molecule has 0 aliphatic carbocycles. The summed E-state index contributed by atoms with van der Waals surface area (Å²) in [6.45, 7) is 8.81. The molecule has 1 N–H and O–H groups in total. The normalized spacial score (nSPS) is 13.6. The Balaban J connectivity index is 0.00000126. The summed E-state index contributed by atoms with van der Waals surface area (Å²) in [6.07, 6.45) is 1.79. The van der Waals surface area contributed by atoms with E-state index in [1.807, 2.05) is 36.9 Å². The van der Waals surface area contributed by atoms with Crippen LogP contribution in [0.4, 0.5) is 0 Å². The molecule has 0 radical (unpaired) electrons. The van der Waals surface area contributed by atoms with Gasteiger partial charge in [0.2, 0.25) is 0 Å². The molecule has 1 amide bonds. The van der Waals surface area contributed by atoms with Crippen LogP contribution >= 0.6 is 0 Å². The molecule has 0 atom stereocenters. The van der Waals surface area contributed by atoms with Gasteiger partial charge in [-0.25, -0.2) is 0 Å². The first-order valence-electron chi connectivity index (χ1n) is 9.37. The number of aromatic nitrogens is 1. The Kier molecular flexibility index (Phi) is 7.19. The van der Waals surface area contributed by atoms with Crippen LogP contribution in [0, 0.1) is 6.92 Å². The third kappa shape index (κ3) is 4.57. The first-order valence-corrected chi connectivity index (χ1v) is 9.37. The largest absolute Gasteiger partial charge is 0.496 e. The molecular weight excluding hydrogens is 342 g/mol. The van der Waals surface area contributed by atoms with E-state index in [9.17, 15) is 9.59 Å². The number of benzene rings is 1. The summed E-state index contributed by atoms with van der Waals surface area (Å²) in [4.78, 5) is 26.5. The second kappa shape index (κ2) is 9.37. The van der Waals surface area contributed by atoms with Crippen LogP contribution in [-0.4, -0.2) is 48.7 Å². The standard InChI is InChI=1S/C19H23N3O3.C2H6/c1-13-10-15(12-21(2)18(13)23)14-4-5-16(17(11-14)25-3)19(24)22-8-6-20-7-9-22;1-2/h4-5,10-12,20H,6-9H2,1-3H3;1-2H3. The third-order valence-electron chi connectivity index (χ3n) is 4.53. The van der Waals surface area contributed by atoms with Crippen molar-refractivity contribution in [1.82, 2.24) is 14.8 Å². The number of nitrogens with one attached hydrogen (secondary N) is 1. The smallest absolute Gasteiger partial charge is 0.257 e. The molecule has 1 aromatic carbocycles. The topological polar surface area (TPSA) is 63.6 Å². The molecule has 1 saturated heterocycles.